The largest absolute Gasteiger partial charge is 0.468 e. The topological polar surface area (TPSA) is 81.7 Å². The summed E-state index contributed by atoms with van der Waals surface area (Å²) in [5, 5.41) is 3.86. The summed E-state index contributed by atoms with van der Waals surface area (Å²) >= 11 is 6.12. The smallest absolute Gasteiger partial charge is 0.337 e. The second-order valence-corrected chi connectivity index (χ2v) is 9.69. The average molecular weight is 472 g/mol. The summed E-state index contributed by atoms with van der Waals surface area (Å²) in [5.74, 6) is -3.03. The molecule has 0 bridgehead atoms. The summed E-state index contributed by atoms with van der Waals surface area (Å²) < 4.78 is 10.9. The fourth-order valence-electron chi connectivity index (χ4n) is 5.34. The van der Waals surface area contributed by atoms with Crippen molar-refractivity contribution in [2.45, 2.75) is 64.4 Å². The first-order chi connectivity index (χ1) is 15.8. The van der Waals surface area contributed by atoms with E-state index in [9.17, 15) is 14.4 Å². The van der Waals surface area contributed by atoms with Crippen LogP contribution in [-0.4, -0.2) is 30.9 Å². The lowest BCUT2D eigenvalue weighted by atomic mass is 9.69. The molecule has 1 aromatic carbocycles. The van der Waals surface area contributed by atoms with E-state index in [1.54, 1.807) is 12.1 Å². The third-order valence-corrected chi connectivity index (χ3v) is 7.24. The Morgan fingerprint density at radius 2 is 1.76 bits per heavy atom. The lowest BCUT2D eigenvalue weighted by molar-refractivity contribution is -0.151. The number of hydrogen-bond acceptors (Lipinski definition) is 6. The van der Waals surface area contributed by atoms with Crippen LogP contribution in [0.15, 0.2) is 46.8 Å². The fourth-order valence-corrected chi connectivity index (χ4v) is 5.46. The molecule has 1 aliphatic heterocycles. The number of nitrogens with one attached hydrogen (secondary N) is 1. The normalized spacial score (nSPS) is 25.9. The molecule has 1 aromatic rings. The van der Waals surface area contributed by atoms with Gasteiger partial charge in [-0.3, -0.25) is 9.59 Å². The maximum absolute atomic E-state index is 13.7. The fraction of sp³-hybridized carbons (Fsp3) is 0.500. The van der Waals surface area contributed by atoms with Crippen LogP contribution in [0.1, 0.15) is 63.9 Å². The number of ether oxygens (including phenoxy) is 2. The lowest BCUT2D eigenvalue weighted by Crippen LogP contribution is -2.43. The predicted molar refractivity (Wildman–Crippen MR) is 124 cm³/mol. The van der Waals surface area contributed by atoms with Crippen molar-refractivity contribution in [3.05, 3.63) is 57.4 Å². The number of carbonyl (C=O) groups excluding carboxylic acids is 3. The van der Waals surface area contributed by atoms with Gasteiger partial charge in [0.05, 0.1) is 12.7 Å². The highest BCUT2D eigenvalue weighted by molar-refractivity contribution is 6.30. The van der Waals surface area contributed by atoms with Crippen LogP contribution >= 0.6 is 11.6 Å². The Kier molecular flexibility index (Phi) is 6.94. The zero-order valence-electron chi connectivity index (χ0n) is 19.3. The van der Waals surface area contributed by atoms with Gasteiger partial charge in [-0.25, -0.2) is 4.79 Å². The van der Waals surface area contributed by atoms with Crippen LogP contribution in [-0.2, 0) is 23.9 Å². The first-order valence-corrected chi connectivity index (χ1v) is 12.0. The molecule has 176 valence electrons. The number of esters is 2. The Morgan fingerprint density at radius 3 is 2.39 bits per heavy atom. The molecule has 0 radical (unpaired) electrons. The predicted octanol–water partition coefficient (Wildman–Crippen LogP) is 4.83. The number of carbonyl (C=O) groups is 3. The van der Waals surface area contributed by atoms with Gasteiger partial charge < -0.3 is 14.8 Å². The van der Waals surface area contributed by atoms with Crippen LogP contribution in [0.4, 0.5) is 0 Å². The van der Waals surface area contributed by atoms with Gasteiger partial charge in [-0.2, -0.15) is 0 Å². The SMILES string of the molecule is COC(=O)[C@H]1C(=O)C2=C(C[C@@H]1C)NC(C)=C(C(=O)OC1CCCCC1)[C@@H]2c1ccc(Cl)cc1. The van der Waals surface area contributed by atoms with Crippen LogP contribution in [0.2, 0.25) is 5.02 Å². The minimum Gasteiger partial charge on any atom is -0.468 e. The standard InChI is InChI=1S/C26H30ClNO5/c1-14-13-19-23(24(29)20(14)25(30)32-3)22(16-9-11-17(27)12-10-16)21(15(2)28-19)26(31)33-18-7-5-4-6-8-18/h9-12,14,18,20,22,28H,4-8,13H2,1-3H3/t14-,20+,22-/m0/s1. The number of benzene rings is 1. The maximum atomic E-state index is 13.7. The van der Waals surface area contributed by atoms with E-state index < -0.39 is 23.8 Å². The van der Waals surface area contributed by atoms with E-state index in [1.165, 1.54) is 7.11 Å². The van der Waals surface area contributed by atoms with E-state index in [1.807, 2.05) is 26.0 Å². The molecule has 0 amide bonds. The molecule has 4 rings (SSSR count). The van der Waals surface area contributed by atoms with Crippen LogP contribution in [0, 0.1) is 11.8 Å². The maximum Gasteiger partial charge on any atom is 0.337 e. The number of methoxy groups -OCH3 is 1. The minimum atomic E-state index is -0.903. The Bertz CT molecular complexity index is 1020. The van der Waals surface area contributed by atoms with Crippen molar-refractivity contribution in [1.82, 2.24) is 5.32 Å². The van der Waals surface area contributed by atoms with E-state index in [2.05, 4.69) is 5.32 Å². The Hall–Kier alpha value is -2.60. The molecule has 1 saturated carbocycles. The summed E-state index contributed by atoms with van der Waals surface area (Å²) in [6.07, 6.45) is 5.34. The molecule has 0 unspecified atom stereocenters. The van der Waals surface area contributed by atoms with Crippen molar-refractivity contribution in [3.63, 3.8) is 0 Å². The first kappa shape index (κ1) is 23.6. The van der Waals surface area contributed by atoms with E-state index in [-0.39, 0.29) is 17.8 Å². The van der Waals surface area contributed by atoms with E-state index in [0.717, 1.165) is 43.4 Å². The highest BCUT2D eigenvalue weighted by Gasteiger charge is 2.47. The Morgan fingerprint density at radius 1 is 1.09 bits per heavy atom. The van der Waals surface area contributed by atoms with Crippen LogP contribution in [0.25, 0.3) is 0 Å². The summed E-state index contributed by atoms with van der Waals surface area (Å²) in [6, 6.07) is 7.13. The van der Waals surface area contributed by atoms with Gasteiger partial charge in [-0.05, 0) is 62.6 Å². The van der Waals surface area contributed by atoms with E-state index in [4.69, 9.17) is 21.1 Å². The van der Waals surface area contributed by atoms with Crippen LogP contribution in [0.5, 0.6) is 0 Å². The van der Waals surface area contributed by atoms with Crippen molar-refractivity contribution < 1.29 is 23.9 Å². The summed E-state index contributed by atoms with van der Waals surface area (Å²) in [5.41, 5.74) is 3.03. The number of rotatable bonds is 4. The molecule has 0 spiro atoms. The second kappa shape index (κ2) is 9.72. The second-order valence-electron chi connectivity index (χ2n) is 9.25. The number of Topliss-reactive ketones (excluding diaryl/α,β-unsaturated/α-hetero) is 1. The molecule has 3 aliphatic rings. The summed E-state index contributed by atoms with van der Waals surface area (Å²) in [6.45, 7) is 3.71. The molecule has 0 aromatic heterocycles. The first-order valence-electron chi connectivity index (χ1n) is 11.6. The molecular weight excluding hydrogens is 442 g/mol. The minimum absolute atomic E-state index is 0.113. The van der Waals surface area contributed by atoms with Gasteiger partial charge in [0.2, 0.25) is 0 Å². The molecule has 2 aliphatic carbocycles. The molecule has 3 atom stereocenters. The number of halogens is 1. The highest BCUT2D eigenvalue weighted by Crippen LogP contribution is 2.45. The van der Waals surface area contributed by atoms with Gasteiger partial charge in [0.25, 0.3) is 0 Å². The zero-order valence-corrected chi connectivity index (χ0v) is 20.0. The number of ketones is 1. The Balaban J connectivity index is 1.77. The summed E-state index contributed by atoms with van der Waals surface area (Å²) in [7, 11) is 1.29. The van der Waals surface area contributed by atoms with Gasteiger partial charge in [0, 0.05) is 27.9 Å². The van der Waals surface area contributed by atoms with Crippen LogP contribution < -0.4 is 5.32 Å². The van der Waals surface area contributed by atoms with Crippen molar-refractivity contribution in [3.8, 4) is 0 Å². The average Bonchev–Trinajstić information content (AvgIpc) is 2.79. The molecule has 1 N–H and O–H groups in total. The number of hydrogen-bond donors (Lipinski definition) is 1. The van der Waals surface area contributed by atoms with Crippen molar-refractivity contribution in [1.29, 1.82) is 0 Å². The molecule has 7 heteroatoms. The molecular formula is C26H30ClNO5. The van der Waals surface area contributed by atoms with E-state index >= 15 is 0 Å². The summed E-state index contributed by atoms with van der Waals surface area (Å²) in [4.78, 5) is 39.6. The number of dihydropyridines is 1. The molecule has 33 heavy (non-hydrogen) atoms. The van der Waals surface area contributed by atoms with E-state index in [0.29, 0.717) is 28.3 Å². The number of allylic oxidation sites excluding steroid dienone is 3. The molecule has 1 heterocycles. The third-order valence-electron chi connectivity index (χ3n) is 6.99. The molecule has 6 nitrogen and oxygen atoms in total. The van der Waals surface area contributed by atoms with Crippen molar-refractivity contribution in [2.24, 2.45) is 11.8 Å². The monoisotopic (exact) mass is 471 g/mol. The molecule has 0 saturated heterocycles. The molecule has 1 fully saturated rings. The lowest BCUT2D eigenvalue weighted by Gasteiger charge is -2.38. The quantitative estimate of drug-likeness (QED) is 0.500. The van der Waals surface area contributed by atoms with Gasteiger partial charge in [-0.1, -0.05) is 37.1 Å². The van der Waals surface area contributed by atoms with Crippen LogP contribution in [0.3, 0.4) is 0 Å². The van der Waals surface area contributed by atoms with Gasteiger partial charge in [0.15, 0.2) is 5.78 Å². The third kappa shape index (κ3) is 4.58. The van der Waals surface area contributed by atoms with Gasteiger partial charge in [-0.15, -0.1) is 0 Å². The van der Waals surface area contributed by atoms with Crippen molar-refractivity contribution >= 4 is 29.3 Å². The van der Waals surface area contributed by atoms with Gasteiger partial charge in [0.1, 0.15) is 12.0 Å². The van der Waals surface area contributed by atoms with Gasteiger partial charge >= 0.3 is 11.9 Å². The highest BCUT2D eigenvalue weighted by atomic mass is 35.5. The Labute approximate surface area is 199 Å². The zero-order chi connectivity index (χ0) is 23.7. The van der Waals surface area contributed by atoms with Crippen molar-refractivity contribution in [2.75, 3.05) is 7.11 Å².